The molecule has 0 fully saturated rings. The summed E-state index contributed by atoms with van der Waals surface area (Å²) in [6, 6.07) is 4.29. The van der Waals surface area contributed by atoms with Crippen LogP contribution < -0.4 is 5.56 Å². The summed E-state index contributed by atoms with van der Waals surface area (Å²) in [5.74, 6) is -2.11. The summed E-state index contributed by atoms with van der Waals surface area (Å²) in [6.45, 7) is 1.64. The lowest BCUT2D eigenvalue weighted by Gasteiger charge is -2.07. The highest BCUT2D eigenvalue weighted by molar-refractivity contribution is 6.08. The maximum atomic E-state index is 12.2. The molecule has 0 radical (unpaired) electrons. The lowest BCUT2D eigenvalue weighted by Crippen LogP contribution is -2.25. The summed E-state index contributed by atoms with van der Waals surface area (Å²) in [5, 5.41) is 18.8. The van der Waals surface area contributed by atoms with E-state index in [9.17, 15) is 19.5 Å². The van der Waals surface area contributed by atoms with E-state index in [1.54, 1.807) is 20.0 Å². The number of rotatable bonds is 4. The topological polar surface area (TPSA) is 102 Å². The van der Waals surface area contributed by atoms with Gasteiger partial charge in [0.1, 0.15) is 17.0 Å². The summed E-state index contributed by atoms with van der Waals surface area (Å²) in [5.41, 5.74) is 0.184. The van der Waals surface area contributed by atoms with E-state index in [1.807, 2.05) is 0 Å². The number of ketones is 1. The number of carboxylic acid groups (broad SMARTS) is 1. The molecular weight excluding hydrogens is 300 g/mol. The molecule has 7 nitrogen and oxygen atoms in total. The highest BCUT2D eigenvalue weighted by Gasteiger charge is 2.16. The van der Waals surface area contributed by atoms with Gasteiger partial charge < -0.3 is 19.3 Å². The van der Waals surface area contributed by atoms with E-state index in [-0.39, 0.29) is 17.0 Å². The molecule has 0 aliphatic heterocycles. The number of carbonyl (C=O) groups is 2. The first-order valence-corrected chi connectivity index (χ1v) is 6.75. The van der Waals surface area contributed by atoms with Crippen molar-refractivity contribution >= 4 is 17.8 Å². The van der Waals surface area contributed by atoms with E-state index in [4.69, 9.17) is 5.11 Å². The normalized spacial score (nSPS) is 11.1. The Morgan fingerprint density at radius 2 is 1.83 bits per heavy atom. The van der Waals surface area contributed by atoms with Crippen LogP contribution in [0.2, 0.25) is 0 Å². The smallest absolute Gasteiger partial charge is 0.352 e. The van der Waals surface area contributed by atoms with E-state index in [0.717, 1.165) is 6.08 Å². The SMILES string of the molecule is Cc1cc(O)c(C(=O)C=Cc2ccc(C(=O)O)n2C)c(=O)n1C. The molecule has 120 valence electrons. The molecule has 0 saturated heterocycles. The lowest BCUT2D eigenvalue weighted by molar-refractivity contribution is 0.0686. The van der Waals surface area contributed by atoms with Crippen molar-refractivity contribution in [3.8, 4) is 5.75 Å². The molecule has 0 bridgehead atoms. The van der Waals surface area contributed by atoms with Gasteiger partial charge >= 0.3 is 5.97 Å². The minimum absolute atomic E-state index is 0.0752. The van der Waals surface area contributed by atoms with Crippen LogP contribution in [-0.4, -0.2) is 31.1 Å². The van der Waals surface area contributed by atoms with Gasteiger partial charge in [-0.3, -0.25) is 9.59 Å². The van der Waals surface area contributed by atoms with Gasteiger partial charge in [-0.25, -0.2) is 4.79 Å². The van der Waals surface area contributed by atoms with Crippen molar-refractivity contribution in [2.24, 2.45) is 14.1 Å². The fourth-order valence-corrected chi connectivity index (χ4v) is 2.19. The number of allylic oxidation sites excluding steroid dienone is 1. The molecule has 23 heavy (non-hydrogen) atoms. The molecule has 2 rings (SSSR count). The minimum atomic E-state index is -1.08. The third kappa shape index (κ3) is 2.94. The monoisotopic (exact) mass is 316 g/mol. The third-order valence-electron chi connectivity index (χ3n) is 3.68. The van der Waals surface area contributed by atoms with Gasteiger partial charge in [0.15, 0.2) is 5.78 Å². The van der Waals surface area contributed by atoms with Gasteiger partial charge in [-0.2, -0.15) is 0 Å². The fourth-order valence-electron chi connectivity index (χ4n) is 2.19. The van der Waals surface area contributed by atoms with Crippen molar-refractivity contribution in [3.05, 3.63) is 57.3 Å². The number of aryl methyl sites for hydroxylation is 1. The second-order valence-electron chi connectivity index (χ2n) is 5.12. The van der Waals surface area contributed by atoms with Crippen molar-refractivity contribution in [2.45, 2.75) is 6.92 Å². The van der Waals surface area contributed by atoms with Gasteiger partial charge in [0, 0.05) is 31.5 Å². The number of carbonyl (C=O) groups excluding carboxylic acids is 1. The maximum absolute atomic E-state index is 12.2. The second-order valence-corrected chi connectivity index (χ2v) is 5.12. The minimum Gasteiger partial charge on any atom is -0.507 e. The van der Waals surface area contributed by atoms with Crippen molar-refractivity contribution in [2.75, 3.05) is 0 Å². The Labute approximate surface area is 131 Å². The molecule has 0 amide bonds. The first-order valence-electron chi connectivity index (χ1n) is 6.75. The first-order chi connectivity index (χ1) is 10.7. The average molecular weight is 316 g/mol. The number of pyridine rings is 1. The number of hydrogen-bond donors (Lipinski definition) is 2. The summed E-state index contributed by atoms with van der Waals surface area (Å²) in [7, 11) is 3.06. The van der Waals surface area contributed by atoms with Crippen LogP contribution in [-0.2, 0) is 14.1 Å². The Morgan fingerprint density at radius 3 is 2.39 bits per heavy atom. The number of carboxylic acids is 1. The maximum Gasteiger partial charge on any atom is 0.352 e. The van der Waals surface area contributed by atoms with Crippen LogP contribution in [0.4, 0.5) is 0 Å². The van der Waals surface area contributed by atoms with E-state index in [2.05, 4.69) is 0 Å². The first kappa shape index (κ1) is 16.3. The van der Waals surface area contributed by atoms with Crippen molar-refractivity contribution in [1.29, 1.82) is 0 Å². The quantitative estimate of drug-likeness (QED) is 0.654. The van der Waals surface area contributed by atoms with Crippen LogP contribution in [0.25, 0.3) is 6.08 Å². The van der Waals surface area contributed by atoms with Crippen LogP contribution in [0.15, 0.2) is 29.1 Å². The van der Waals surface area contributed by atoms with Crippen molar-refractivity contribution in [3.63, 3.8) is 0 Å². The summed E-state index contributed by atoms with van der Waals surface area (Å²) in [4.78, 5) is 35.2. The Hall–Kier alpha value is -3.09. The summed E-state index contributed by atoms with van der Waals surface area (Å²) in [6.07, 6.45) is 2.53. The van der Waals surface area contributed by atoms with Gasteiger partial charge in [0.05, 0.1) is 0 Å². The van der Waals surface area contributed by atoms with E-state index >= 15 is 0 Å². The standard InChI is InChI=1S/C16H16N2O5/c1-9-8-13(20)14(15(21)17(9)2)12(19)7-5-10-4-6-11(16(22)23)18(10)3/h4-8,20H,1-3H3,(H,22,23). The molecule has 2 heterocycles. The van der Waals surface area contributed by atoms with E-state index in [0.29, 0.717) is 11.4 Å². The van der Waals surface area contributed by atoms with Gasteiger partial charge in [-0.05, 0) is 31.2 Å². The molecule has 2 aromatic rings. The Bertz CT molecular complexity index is 887. The molecule has 2 aromatic heterocycles. The molecule has 0 unspecified atom stereocenters. The van der Waals surface area contributed by atoms with Crippen LogP contribution in [0.5, 0.6) is 5.75 Å². The van der Waals surface area contributed by atoms with Crippen molar-refractivity contribution in [1.82, 2.24) is 9.13 Å². The summed E-state index contributed by atoms with van der Waals surface area (Å²) >= 11 is 0. The largest absolute Gasteiger partial charge is 0.507 e. The zero-order chi connectivity index (χ0) is 17.3. The number of nitrogens with zero attached hydrogens (tertiary/aromatic N) is 2. The Morgan fingerprint density at radius 1 is 1.17 bits per heavy atom. The molecule has 0 saturated carbocycles. The molecule has 0 aliphatic carbocycles. The molecule has 0 aliphatic rings. The summed E-state index contributed by atoms with van der Waals surface area (Å²) < 4.78 is 2.67. The Balaban J connectivity index is 2.39. The zero-order valence-electron chi connectivity index (χ0n) is 12.9. The predicted molar refractivity (Wildman–Crippen MR) is 83.8 cm³/mol. The number of aromatic hydroxyl groups is 1. The van der Waals surface area contributed by atoms with Gasteiger partial charge in [0.2, 0.25) is 0 Å². The number of aromatic nitrogens is 2. The van der Waals surface area contributed by atoms with E-state index in [1.165, 1.54) is 34.4 Å². The molecule has 2 N–H and O–H groups in total. The predicted octanol–water partition coefficient (Wildman–Crippen LogP) is 1.33. The number of hydrogen-bond acceptors (Lipinski definition) is 4. The van der Waals surface area contributed by atoms with Crippen LogP contribution >= 0.6 is 0 Å². The highest BCUT2D eigenvalue weighted by atomic mass is 16.4. The zero-order valence-corrected chi connectivity index (χ0v) is 12.9. The van der Waals surface area contributed by atoms with Crippen molar-refractivity contribution < 1.29 is 19.8 Å². The van der Waals surface area contributed by atoms with Crippen LogP contribution in [0.3, 0.4) is 0 Å². The van der Waals surface area contributed by atoms with Gasteiger partial charge in [0.25, 0.3) is 5.56 Å². The molecular formula is C16H16N2O5. The fraction of sp³-hybridized carbons (Fsp3) is 0.188. The molecule has 7 heteroatoms. The van der Waals surface area contributed by atoms with Crippen LogP contribution in [0.1, 0.15) is 32.2 Å². The second kappa shape index (κ2) is 5.96. The molecule has 0 atom stereocenters. The Kier molecular flexibility index (Phi) is 4.22. The van der Waals surface area contributed by atoms with Crippen LogP contribution in [0, 0.1) is 6.92 Å². The van der Waals surface area contributed by atoms with E-state index < -0.39 is 17.3 Å². The third-order valence-corrected chi connectivity index (χ3v) is 3.68. The van der Waals surface area contributed by atoms with Gasteiger partial charge in [-0.15, -0.1) is 0 Å². The highest BCUT2D eigenvalue weighted by Crippen LogP contribution is 2.16. The number of aromatic carboxylic acids is 1. The average Bonchev–Trinajstić information content (AvgIpc) is 2.84. The van der Waals surface area contributed by atoms with Gasteiger partial charge in [-0.1, -0.05) is 0 Å². The molecule has 0 aromatic carbocycles. The lowest BCUT2D eigenvalue weighted by atomic mass is 10.1. The molecule has 0 spiro atoms.